The highest BCUT2D eigenvalue weighted by atomic mass is 16.5. The first-order valence-electron chi connectivity index (χ1n) is 8.85. The molecule has 0 radical (unpaired) electrons. The number of aliphatic carboxylic acids is 1. The van der Waals surface area contributed by atoms with Crippen molar-refractivity contribution in [1.82, 2.24) is 0 Å². The van der Waals surface area contributed by atoms with Crippen molar-refractivity contribution in [3.05, 3.63) is 53.8 Å². The number of carboxylic acid groups (broad SMARTS) is 1. The van der Waals surface area contributed by atoms with Gasteiger partial charge in [-0.2, -0.15) is 0 Å². The molecule has 26 heavy (non-hydrogen) atoms. The first-order valence-corrected chi connectivity index (χ1v) is 8.85. The Balaban J connectivity index is 0. The molecule has 0 saturated carbocycles. The zero-order valence-corrected chi connectivity index (χ0v) is 16.9. The van der Waals surface area contributed by atoms with Crippen molar-refractivity contribution < 1.29 is 24.5 Å². The molecule has 5 nitrogen and oxygen atoms in total. The molecule has 1 atom stereocenters. The number of allylic oxidation sites excluding steroid dienone is 2. The molecule has 0 heterocycles. The van der Waals surface area contributed by atoms with Crippen molar-refractivity contribution in [3.8, 4) is 5.75 Å². The molecule has 0 aromatic heterocycles. The predicted octanol–water partition coefficient (Wildman–Crippen LogP) is 5.12. The second-order valence-corrected chi connectivity index (χ2v) is 5.30. The lowest BCUT2D eigenvalue weighted by Crippen LogP contribution is -2.10. The Morgan fingerprint density at radius 3 is 2.12 bits per heavy atom. The maximum absolute atomic E-state index is 11.1. The number of aliphatic hydroxyl groups excluding tert-OH is 1. The molecule has 0 aliphatic heterocycles. The fourth-order valence-electron chi connectivity index (χ4n) is 1.72. The third-order valence-electron chi connectivity index (χ3n) is 2.86. The summed E-state index contributed by atoms with van der Waals surface area (Å²) in [6, 6.07) is 7.28. The molecular weight excluding hydrogens is 332 g/mol. The van der Waals surface area contributed by atoms with E-state index in [-0.39, 0.29) is 18.5 Å². The normalized spacial score (nSPS) is 10.1. The van der Waals surface area contributed by atoms with Gasteiger partial charge < -0.3 is 19.7 Å². The molecule has 0 aliphatic carbocycles. The maximum Gasteiger partial charge on any atom is 0.371 e. The summed E-state index contributed by atoms with van der Waals surface area (Å²) in [5.74, 6) is -0.378. The minimum absolute atomic E-state index is 0.0224. The van der Waals surface area contributed by atoms with E-state index in [2.05, 4.69) is 6.58 Å². The van der Waals surface area contributed by atoms with Gasteiger partial charge in [0, 0.05) is 13.0 Å². The molecule has 2 N–H and O–H groups in total. The van der Waals surface area contributed by atoms with Crippen molar-refractivity contribution in [3.63, 3.8) is 0 Å². The highest BCUT2D eigenvalue weighted by molar-refractivity contribution is 5.85. The van der Waals surface area contributed by atoms with Crippen LogP contribution in [0.4, 0.5) is 0 Å². The molecule has 148 valence electrons. The van der Waals surface area contributed by atoms with Crippen molar-refractivity contribution in [2.45, 2.75) is 54.1 Å². The quantitative estimate of drug-likeness (QED) is 0.289. The second-order valence-electron chi connectivity index (χ2n) is 5.30. The summed E-state index contributed by atoms with van der Waals surface area (Å²) in [5, 5.41) is 17.8. The van der Waals surface area contributed by atoms with Gasteiger partial charge in [0.25, 0.3) is 0 Å². The molecule has 0 amide bonds. The van der Waals surface area contributed by atoms with Crippen LogP contribution < -0.4 is 4.74 Å². The monoisotopic (exact) mass is 366 g/mol. The van der Waals surface area contributed by atoms with Gasteiger partial charge in [0.2, 0.25) is 5.76 Å². The molecule has 1 rings (SSSR count). The third-order valence-corrected chi connectivity index (χ3v) is 2.86. The molecule has 1 unspecified atom stereocenters. The summed E-state index contributed by atoms with van der Waals surface area (Å²) < 4.78 is 10.9. The standard InChI is InChI=1S/C16H22O5.C3H6.C2H6/c1-11(2)15(16(18)19)21-12(3)13-5-7-14(8-6-13)20-10-4-9-17;1-3-2;1-2/h5-8,12,17H,4,9-10H2,1-3H3,(H,18,19);3H,1H2,2H3;1-2H3. The van der Waals surface area contributed by atoms with Gasteiger partial charge in [0.05, 0.1) is 6.61 Å². The lowest BCUT2D eigenvalue weighted by atomic mass is 10.1. The van der Waals surface area contributed by atoms with Crippen LogP contribution in [-0.2, 0) is 9.53 Å². The van der Waals surface area contributed by atoms with E-state index in [1.54, 1.807) is 39.0 Å². The van der Waals surface area contributed by atoms with E-state index in [1.165, 1.54) is 0 Å². The van der Waals surface area contributed by atoms with Crippen LogP contribution in [0.25, 0.3) is 0 Å². The molecule has 0 saturated heterocycles. The topological polar surface area (TPSA) is 76.0 Å². The largest absolute Gasteiger partial charge is 0.494 e. The lowest BCUT2D eigenvalue weighted by Gasteiger charge is -2.17. The van der Waals surface area contributed by atoms with Crippen LogP contribution in [0.2, 0.25) is 0 Å². The number of hydrogen-bond donors (Lipinski definition) is 2. The number of carbonyl (C=O) groups is 1. The van der Waals surface area contributed by atoms with Crippen LogP contribution in [0.15, 0.2) is 48.3 Å². The summed E-state index contributed by atoms with van der Waals surface area (Å²) in [6.07, 6.45) is 1.97. The Kier molecular flexibility index (Phi) is 16.2. The van der Waals surface area contributed by atoms with Gasteiger partial charge >= 0.3 is 5.97 Å². The zero-order chi connectivity index (χ0) is 20.5. The fourth-order valence-corrected chi connectivity index (χ4v) is 1.72. The lowest BCUT2D eigenvalue weighted by molar-refractivity contribution is -0.137. The summed E-state index contributed by atoms with van der Waals surface area (Å²) in [5.41, 5.74) is 1.49. The van der Waals surface area contributed by atoms with E-state index in [9.17, 15) is 4.79 Å². The summed E-state index contributed by atoms with van der Waals surface area (Å²) in [7, 11) is 0. The molecule has 1 aromatic carbocycles. The molecule has 0 bridgehead atoms. The number of carboxylic acids is 1. The summed E-state index contributed by atoms with van der Waals surface area (Å²) in [6.45, 7) is 15.0. The Morgan fingerprint density at radius 1 is 1.23 bits per heavy atom. The average molecular weight is 366 g/mol. The van der Waals surface area contributed by atoms with Gasteiger partial charge in [-0.05, 0) is 51.0 Å². The first-order chi connectivity index (χ1) is 12.4. The number of aliphatic hydroxyl groups is 1. The van der Waals surface area contributed by atoms with Crippen LogP contribution >= 0.6 is 0 Å². The zero-order valence-electron chi connectivity index (χ0n) is 16.9. The van der Waals surface area contributed by atoms with Crippen LogP contribution in [-0.4, -0.2) is 29.4 Å². The Morgan fingerprint density at radius 2 is 1.73 bits per heavy atom. The van der Waals surface area contributed by atoms with Gasteiger partial charge in [-0.25, -0.2) is 4.79 Å². The summed E-state index contributed by atoms with van der Waals surface area (Å²) >= 11 is 0. The van der Waals surface area contributed by atoms with E-state index in [4.69, 9.17) is 19.7 Å². The first kappa shape index (κ1) is 26.0. The Bertz CT molecular complexity index is 528. The van der Waals surface area contributed by atoms with Crippen LogP contribution in [0.1, 0.15) is 59.6 Å². The second kappa shape index (κ2) is 16.2. The summed E-state index contributed by atoms with van der Waals surface area (Å²) in [4.78, 5) is 11.1. The van der Waals surface area contributed by atoms with Crippen LogP contribution in [0.5, 0.6) is 5.75 Å². The van der Waals surface area contributed by atoms with Crippen molar-refractivity contribution in [2.24, 2.45) is 0 Å². The third kappa shape index (κ3) is 11.3. The predicted molar refractivity (Wildman–Crippen MR) is 106 cm³/mol. The minimum Gasteiger partial charge on any atom is -0.494 e. The molecule has 0 aliphatic rings. The molecular formula is C21H34O5. The van der Waals surface area contributed by atoms with Crippen LogP contribution in [0, 0.1) is 0 Å². The van der Waals surface area contributed by atoms with Crippen molar-refractivity contribution in [1.29, 1.82) is 0 Å². The van der Waals surface area contributed by atoms with E-state index in [0.29, 0.717) is 24.4 Å². The average Bonchev–Trinajstić information content (AvgIpc) is 2.62. The number of ether oxygens (including phenoxy) is 2. The smallest absolute Gasteiger partial charge is 0.371 e. The van der Waals surface area contributed by atoms with E-state index < -0.39 is 5.97 Å². The maximum atomic E-state index is 11.1. The minimum atomic E-state index is -1.06. The van der Waals surface area contributed by atoms with Gasteiger partial charge in [-0.15, -0.1) is 6.58 Å². The molecule has 0 fully saturated rings. The highest BCUT2D eigenvalue weighted by Crippen LogP contribution is 2.24. The molecule has 5 heteroatoms. The van der Waals surface area contributed by atoms with E-state index in [0.717, 1.165) is 5.56 Å². The number of hydrogen-bond acceptors (Lipinski definition) is 4. The molecule has 1 aromatic rings. The van der Waals surface area contributed by atoms with E-state index >= 15 is 0 Å². The highest BCUT2D eigenvalue weighted by Gasteiger charge is 2.16. The fraction of sp³-hybridized carbons (Fsp3) is 0.476. The van der Waals surface area contributed by atoms with Crippen molar-refractivity contribution in [2.75, 3.05) is 13.2 Å². The SMILES string of the molecule is C=CC.CC.CC(C)=C(OC(C)c1ccc(OCCCO)cc1)C(=O)O. The van der Waals surface area contributed by atoms with Crippen LogP contribution in [0.3, 0.4) is 0 Å². The van der Waals surface area contributed by atoms with Gasteiger partial charge in [0.1, 0.15) is 11.9 Å². The van der Waals surface area contributed by atoms with Gasteiger partial charge in [0.15, 0.2) is 0 Å². The number of rotatable bonds is 8. The van der Waals surface area contributed by atoms with Gasteiger partial charge in [-0.3, -0.25) is 0 Å². The Labute approximate surface area is 158 Å². The van der Waals surface area contributed by atoms with Gasteiger partial charge in [-0.1, -0.05) is 32.1 Å². The van der Waals surface area contributed by atoms with E-state index in [1.807, 2.05) is 32.9 Å². The molecule has 0 spiro atoms. The van der Waals surface area contributed by atoms with Crippen molar-refractivity contribution >= 4 is 5.97 Å². The number of benzene rings is 1. The Hall–Kier alpha value is -2.27.